The van der Waals surface area contributed by atoms with Crippen LogP contribution in [0.4, 0.5) is 17.5 Å². The molecule has 1 heterocycles. The van der Waals surface area contributed by atoms with Crippen LogP contribution in [0, 0.1) is 23.2 Å². The molecule has 0 aliphatic heterocycles. The van der Waals surface area contributed by atoms with E-state index in [-0.39, 0.29) is 18.2 Å². The zero-order valence-corrected chi connectivity index (χ0v) is 24.3. The van der Waals surface area contributed by atoms with E-state index in [1.54, 1.807) is 48.5 Å². The van der Waals surface area contributed by atoms with Gasteiger partial charge in [0.25, 0.3) is 0 Å². The summed E-state index contributed by atoms with van der Waals surface area (Å²) < 4.78 is 0. The van der Waals surface area contributed by atoms with Gasteiger partial charge in [-0.05, 0) is 58.6 Å². The smallest absolute Gasteiger partial charge is 0.246 e. The van der Waals surface area contributed by atoms with E-state index in [1.807, 2.05) is 38.9 Å². The molecule has 10 heteroatoms. The van der Waals surface area contributed by atoms with Crippen LogP contribution in [-0.4, -0.2) is 77.9 Å². The Balaban J connectivity index is 1.95. The number of likely N-dealkylation sites (N-methyl/N-ethyl adjacent to an activating group) is 2. The maximum atomic E-state index is 12.6. The highest BCUT2D eigenvalue weighted by molar-refractivity contribution is 5.87. The molecule has 10 nitrogen and oxygen atoms in total. The molecule has 0 aliphatic rings. The van der Waals surface area contributed by atoms with E-state index in [1.165, 1.54) is 0 Å². The molecular weight excluding hydrogens is 504 g/mol. The number of hydrogen-bond acceptors (Lipinski definition) is 8. The molecule has 0 fully saturated rings. The highest BCUT2D eigenvalue weighted by Crippen LogP contribution is 2.18. The highest BCUT2D eigenvalue weighted by Gasteiger charge is 2.23. The molecule has 2 rings (SSSR count). The Morgan fingerprint density at radius 1 is 1.15 bits per heavy atom. The summed E-state index contributed by atoms with van der Waals surface area (Å²) in [6.45, 7) is 7.62. The number of nitrogens with one attached hydrogen (secondary N) is 3. The second kappa shape index (κ2) is 15.9. The Bertz CT molecular complexity index is 1270. The first-order chi connectivity index (χ1) is 19.0. The standard InChI is InChI=1S/C30H40N8O2/c1-7-18-32-28-24(21-33-29(35-28)34-25-16-14-23(20-31)15-17-25)11-8-9-12-26(39)36-30(2,3)22-38(6)27(40)13-10-19-37(4)5/h10,13-17,21H,7,9,12,18-19,22H2,1-6H3,(H,36,39)(H2,32,33,34,35). The maximum Gasteiger partial charge on any atom is 0.246 e. The van der Waals surface area contributed by atoms with Gasteiger partial charge in [0.05, 0.1) is 28.9 Å². The van der Waals surface area contributed by atoms with Gasteiger partial charge in [-0.15, -0.1) is 0 Å². The van der Waals surface area contributed by atoms with Crippen LogP contribution in [0.5, 0.6) is 0 Å². The van der Waals surface area contributed by atoms with Crippen molar-refractivity contribution >= 4 is 29.3 Å². The SMILES string of the molecule is CCCNc1nc(Nc2ccc(C#N)cc2)ncc1C#CCCC(=O)NC(C)(C)CN(C)C(=O)C=CCN(C)C. The van der Waals surface area contributed by atoms with Crippen LogP contribution >= 0.6 is 0 Å². The van der Waals surface area contributed by atoms with Gasteiger partial charge in [-0.25, -0.2) is 4.98 Å². The number of rotatable bonds is 13. The number of nitriles is 1. The summed E-state index contributed by atoms with van der Waals surface area (Å²) in [6, 6.07) is 9.12. The Hall–Kier alpha value is -4.41. The van der Waals surface area contributed by atoms with E-state index in [4.69, 9.17) is 5.26 Å². The van der Waals surface area contributed by atoms with Crippen molar-refractivity contribution in [1.29, 1.82) is 5.26 Å². The number of amides is 2. The van der Waals surface area contributed by atoms with Gasteiger partial charge in [-0.2, -0.15) is 10.2 Å². The molecule has 0 spiro atoms. The topological polar surface area (TPSA) is 126 Å². The fraction of sp³-hybridized carbons (Fsp3) is 0.433. The zero-order chi connectivity index (χ0) is 29.5. The van der Waals surface area contributed by atoms with Crippen molar-refractivity contribution in [3.63, 3.8) is 0 Å². The lowest BCUT2D eigenvalue weighted by atomic mass is 10.0. The second-order valence-corrected chi connectivity index (χ2v) is 10.3. The van der Waals surface area contributed by atoms with Crippen LogP contribution < -0.4 is 16.0 Å². The monoisotopic (exact) mass is 544 g/mol. The number of anilines is 3. The summed E-state index contributed by atoms with van der Waals surface area (Å²) in [7, 11) is 5.59. The van der Waals surface area contributed by atoms with Gasteiger partial charge in [-0.3, -0.25) is 9.59 Å². The zero-order valence-electron chi connectivity index (χ0n) is 24.3. The molecular formula is C30H40N8O2. The Kier molecular flexibility index (Phi) is 12.6. The molecule has 40 heavy (non-hydrogen) atoms. The van der Waals surface area contributed by atoms with E-state index < -0.39 is 5.54 Å². The molecule has 0 radical (unpaired) electrons. The lowest BCUT2D eigenvalue weighted by Crippen LogP contribution is -2.51. The van der Waals surface area contributed by atoms with Crippen LogP contribution in [0.1, 0.15) is 51.2 Å². The minimum atomic E-state index is -0.590. The fourth-order valence-electron chi connectivity index (χ4n) is 3.64. The molecule has 3 N–H and O–H groups in total. The van der Waals surface area contributed by atoms with E-state index in [0.717, 1.165) is 18.7 Å². The van der Waals surface area contributed by atoms with Crippen molar-refractivity contribution in [2.75, 3.05) is 51.4 Å². The summed E-state index contributed by atoms with van der Waals surface area (Å²) in [6.07, 6.45) is 6.52. The lowest BCUT2D eigenvalue weighted by Gasteiger charge is -2.31. The molecule has 1 aromatic heterocycles. The number of aromatic nitrogens is 2. The minimum absolute atomic E-state index is 0.108. The van der Waals surface area contributed by atoms with E-state index in [0.29, 0.717) is 42.4 Å². The molecule has 0 saturated heterocycles. The van der Waals surface area contributed by atoms with Crippen LogP contribution in [0.3, 0.4) is 0 Å². The van der Waals surface area contributed by atoms with Gasteiger partial charge in [0, 0.05) is 51.3 Å². The predicted molar refractivity (Wildman–Crippen MR) is 159 cm³/mol. The molecule has 2 aromatic rings. The summed E-state index contributed by atoms with van der Waals surface area (Å²) >= 11 is 0. The number of nitrogens with zero attached hydrogens (tertiary/aromatic N) is 5. The van der Waals surface area contributed by atoms with Crippen LogP contribution in [-0.2, 0) is 9.59 Å². The molecule has 1 aromatic carbocycles. The lowest BCUT2D eigenvalue weighted by molar-refractivity contribution is -0.127. The highest BCUT2D eigenvalue weighted by atomic mass is 16.2. The summed E-state index contributed by atoms with van der Waals surface area (Å²) in [5, 5.41) is 18.4. The minimum Gasteiger partial charge on any atom is -0.369 e. The molecule has 212 valence electrons. The number of carbonyl (C=O) groups excluding carboxylic acids is 2. The molecule has 0 bridgehead atoms. The van der Waals surface area contributed by atoms with E-state index in [2.05, 4.69) is 50.8 Å². The first kappa shape index (κ1) is 31.8. The average molecular weight is 545 g/mol. The molecule has 0 aliphatic carbocycles. The van der Waals surface area contributed by atoms with Gasteiger partial charge in [0.2, 0.25) is 17.8 Å². The quantitative estimate of drug-likeness (QED) is 0.258. The summed E-state index contributed by atoms with van der Waals surface area (Å²) in [5.74, 6) is 6.90. The number of hydrogen-bond donors (Lipinski definition) is 3. The average Bonchev–Trinajstić information content (AvgIpc) is 2.90. The van der Waals surface area contributed by atoms with Crippen molar-refractivity contribution in [1.82, 2.24) is 25.1 Å². The van der Waals surface area contributed by atoms with Crippen molar-refractivity contribution in [3.8, 4) is 17.9 Å². The summed E-state index contributed by atoms with van der Waals surface area (Å²) in [5.41, 5.74) is 1.39. The predicted octanol–water partition coefficient (Wildman–Crippen LogP) is 3.52. The molecule has 0 saturated carbocycles. The summed E-state index contributed by atoms with van der Waals surface area (Å²) in [4.78, 5) is 37.4. The normalized spacial score (nSPS) is 10.9. The van der Waals surface area contributed by atoms with Crippen molar-refractivity contribution in [2.24, 2.45) is 0 Å². The third-order valence-electron chi connectivity index (χ3n) is 5.52. The number of carbonyl (C=O) groups is 2. The van der Waals surface area contributed by atoms with Gasteiger partial charge >= 0.3 is 0 Å². The van der Waals surface area contributed by atoms with E-state index >= 15 is 0 Å². The van der Waals surface area contributed by atoms with Crippen molar-refractivity contribution < 1.29 is 9.59 Å². The maximum absolute atomic E-state index is 12.6. The largest absolute Gasteiger partial charge is 0.369 e. The fourth-order valence-corrected chi connectivity index (χ4v) is 3.64. The van der Waals surface area contributed by atoms with Gasteiger partial charge < -0.3 is 25.8 Å². The Morgan fingerprint density at radius 2 is 1.88 bits per heavy atom. The van der Waals surface area contributed by atoms with Crippen molar-refractivity contribution in [2.45, 2.75) is 45.6 Å². The van der Waals surface area contributed by atoms with Crippen LogP contribution in [0.15, 0.2) is 42.6 Å². The Labute approximate surface area is 237 Å². The van der Waals surface area contributed by atoms with Gasteiger partial charge in [-0.1, -0.05) is 24.8 Å². The molecule has 2 amide bonds. The molecule has 0 unspecified atom stereocenters. The van der Waals surface area contributed by atoms with Gasteiger partial charge in [0.15, 0.2) is 0 Å². The third-order valence-corrected chi connectivity index (χ3v) is 5.52. The Morgan fingerprint density at radius 3 is 2.52 bits per heavy atom. The van der Waals surface area contributed by atoms with Gasteiger partial charge in [0.1, 0.15) is 5.82 Å². The number of benzene rings is 1. The third kappa shape index (κ3) is 11.5. The second-order valence-electron chi connectivity index (χ2n) is 10.3. The first-order valence-corrected chi connectivity index (χ1v) is 13.3. The van der Waals surface area contributed by atoms with E-state index in [9.17, 15) is 9.59 Å². The first-order valence-electron chi connectivity index (χ1n) is 13.3. The molecule has 0 atom stereocenters. The van der Waals surface area contributed by atoms with Crippen molar-refractivity contribution in [3.05, 3.63) is 53.7 Å². The van der Waals surface area contributed by atoms with Crippen LogP contribution in [0.25, 0.3) is 0 Å². The van der Waals surface area contributed by atoms with Crippen LogP contribution in [0.2, 0.25) is 0 Å².